The number of aryl methyl sites for hydroxylation is 1. The standard InChI is InChI=1S/C19H17N5S/c1-13-11-18(23(2)9-7-17-21-8-10-25-17)24-16-6-4-3-5-15(16)22-19(24)14(13)12-20/h3-6,8,10-11H,7,9H2,1-2H3. The average molecular weight is 347 g/mol. The number of aromatic nitrogens is 3. The van der Waals surface area contributed by atoms with Crippen molar-refractivity contribution in [3.63, 3.8) is 0 Å². The highest BCUT2D eigenvalue weighted by Gasteiger charge is 2.17. The summed E-state index contributed by atoms with van der Waals surface area (Å²) >= 11 is 1.68. The molecule has 0 radical (unpaired) electrons. The van der Waals surface area contributed by atoms with Gasteiger partial charge in [0.2, 0.25) is 0 Å². The van der Waals surface area contributed by atoms with Gasteiger partial charge in [-0.25, -0.2) is 9.97 Å². The van der Waals surface area contributed by atoms with Crippen molar-refractivity contribution in [1.82, 2.24) is 14.4 Å². The van der Waals surface area contributed by atoms with Crippen molar-refractivity contribution in [3.8, 4) is 6.07 Å². The van der Waals surface area contributed by atoms with Crippen molar-refractivity contribution in [3.05, 3.63) is 58.0 Å². The Morgan fingerprint density at radius 1 is 1.32 bits per heavy atom. The molecule has 5 nitrogen and oxygen atoms in total. The summed E-state index contributed by atoms with van der Waals surface area (Å²) in [5.74, 6) is 1.04. The molecule has 0 saturated carbocycles. The van der Waals surface area contributed by atoms with Gasteiger partial charge in [-0.05, 0) is 30.7 Å². The number of likely N-dealkylation sites (N-methyl/N-ethyl adjacent to an activating group) is 1. The molecule has 6 heteroatoms. The minimum absolute atomic E-state index is 0.633. The van der Waals surface area contributed by atoms with Crippen LogP contribution in [-0.2, 0) is 6.42 Å². The van der Waals surface area contributed by atoms with Gasteiger partial charge in [0.15, 0.2) is 5.65 Å². The average Bonchev–Trinajstić information content (AvgIpc) is 3.26. The van der Waals surface area contributed by atoms with E-state index in [1.807, 2.05) is 42.8 Å². The monoisotopic (exact) mass is 347 g/mol. The van der Waals surface area contributed by atoms with Gasteiger partial charge in [-0.2, -0.15) is 5.26 Å². The summed E-state index contributed by atoms with van der Waals surface area (Å²) in [6, 6.07) is 12.4. The number of imidazole rings is 1. The highest BCUT2D eigenvalue weighted by Crippen LogP contribution is 2.28. The van der Waals surface area contributed by atoms with Crippen molar-refractivity contribution in [2.75, 3.05) is 18.5 Å². The van der Waals surface area contributed by atoms with Gasteiger partial charge in [0, 0.05) is 31.6 Å². The van der Waals surface area contributed by atoms with Crippen LogP contribution in [0, 0.1) is 18.3 Å². The van der Waals surface area contributed by atoms with Crippen LogP contribution in [0.3, 0.4) is 0 Å². The molecule has 0 aliphatic rings. The van der Waals surface area contributed by atoms with Crippen LogP contribution in [0.25, 0.3) is 16.7 Å². The van der Waals surface area contributed by atoms with Crippen molar-refractivity contribution in [2.45, 2.75) is 13.3 Å². The molecule has 0 unspecified atom stereocenters. The van der Waals surface area contributed by atoms with Gasteiger partial charge in [0.1, 0.15) is 11.9 Å². The minimum Gasteiger partial charge on any atom is -0.360 e. The van der Waals surface area contributed by atoms with Crippen LogP contribution in [0.5, 0.6) is 0 Å². The highest BCUT2D eigenvalue weighted by atomic mass is 32.1. The van der Waals surface area contributed by atoms with E-state index in [0.29, 0.717) is 5.56 Å². The quantitative estimate of drug-likeness (QED) is 0.563. The van der Waals surface area contributed by atoms with Crippen molar-refractivity contribution >= 4 is 33.8 Å². The number of para-hydroxylation sites is 2. The van der Waals surface area contributed by atoms with E-state index in [-0.39, 0.29) is 0 Å². The molecule has 4 rings (SSSR count). The number of nitrogens with zero attached hydrogens (tertiary/aromatic N) is 5. The predicted octanol–water partition coefficient (Wildman–Crippen LogP) is 3.80. The topological polar surface area (TPSA) is 57.2 Å². The number of anilines is 1. The van der Waals surface area contributed by atoms with Crippen LogP contribution < -0.4 is 4.90 Å². The number of nitriles is 1. The molecule has 0 bridgehead atoms. The number of fused-ring (bicyclic) bond motifs is 3. The maximum atomic E-state index is 9.58. The maximum absolute atomic E-state index is 9.58. The first-order valence-corrected chi connectivity index (χ1v) is 8.97. The predicted molar refractivity (Wildman–Crippen MR) is 101 cm³/mol. The molecule has 124 valence electrons. The molecule has 0 aliphatic heterocycles. The van der Waals surface area contributed by atoms with Gasteiger partial charge in [0.25, 0.3) is 0 Å². The molecular weight excluding hydrogens is 330 g/mol. The second-order valence-corrected chi connectivity index (χ2v) is 7.01. The lowest BCUT2D eigenvalue weighted by atomic mass is 10.1. The van der Waals surface area contributed by atoms with E-state index in [1.165, 1.54) is 0 Å². The Kier molecular flexibility index (Phi) is 3.86. The fraction of sp³-hybridized carbons (Fsp3) is 0.211. The molecule has 0 N–H and O–H groups in total. The van der Waals surface area contributed by atoms with E-state index < -0.39 is 0 Å². The first-order valence-electron chi connectivity index (χ1n) is 8.09. The van der Waals surface area contributed by atoms with Gasteiger partial charge < -0.3 is 4.90 Å². The Bertz CT molecular complexity index is 1090. The van der Waals surface area contributed by atoms with Crippen LogP contribution in [0.15, 0.2) is 41.9 Å². The van der Waals surface area contributed by atoms with Crippen LogP contribution in [-0.4, -0.2) is 28.0 Å². The fourth-order valence-electron chi connectivity index (χ4n) is 3.11. The number of benzene rings is 1. The van der Waals surface area contributed by atoms with E-state index in [9.17, 15) is 5.26 Å². The maximum Gasteiger partial charge on any atom is 0.157 e. The van der Waals surface area contributed by atoms with Crippen LogP contribution in [0.2, 0.25) is 0 Å². The van der Waals surface area contributed by atoms with Crippen molar-refractivity contribution in [2.24, 2.45) is 0 Å². The van der Waals surface area contributed by atoms with Gasteiger partial charge in [-0.3, -0.25) is 4.40 Å². The van der Waals surface area contributed by atoms with E-state index in [4.69, 9.17) is 4.98 Å². The number of rotatable bonds is 4. The van der Waals surface area contributed by atoms with Crippen molar-refractivity contribution < 1.29 is 0 Å². The molecule has 0 fully saturated rings. The number of thiazole rings is 1. The van der Waals surface area contributed by atoms with Gasteiger partial charge in [-0.1, -0.05) is 12.1 Å². The summed E-state index contributed by atoms with van der Waals surface area (Å²) in [5.41, 5.74) is 4.22. The van der Waals surface area contributed by atoms with E-state index in [0.717, 1.165) is 46.0 Å². The van der Waals surface area contributed by atoms with Crippen LogP contribution in [0.4, 0.5) is 5.82 Å². The lowest BCUT2D eigenvalue weighted by Gasteiger charge is -2.21. The zero-order valence-corrected chi connectivity index (χ0v) is 14.9. The summed E-state index contributed by atoms with van der Waals surface area (Å²) in [5, 5.41) is 12.7. The van der Waals surface area contributed by atoms with Crippen LogP contribution >= 0.6 is 11.3 Å². The molecule has 0 aliphatic carbocycles. The molecule has 3 aromatic heterocycles. The van der Waals surface area contributed by atoms with E-state index in [1.54, 1.807) is 11.3 Å². The second-order valence-electron chi connectivity index (χ2n) is 6.03. The molecule has 3 heterocycles. The Morgan fingerprint density at radius 2 is 2.16 bits per heavy atom. The first kappa shape index (κ1) is 15.6. The third kappa shape index (κ3) is 2.63. The Labute approximate surface area is 149 Å². The summed E-state index contributed by atoms with van der Waals surface area (Å²) in [7, 11) is 2.07. The van der Waals surface area contributed by atoms with Gasteiger partial charge in [0.05, 0.1) is 21.6 Å². The lowest BCUT2D eigenvalue weighted by Crippen LogP contribution is -2.23. The summed E-state index contributed by atoms with van der Waals surface area (Å²) in [6.45, 7) is 2.82. The summed E-state index contributed by atoms with van der Waals surface area (Å²) in [6.07, 6.45) is 2.73. The fourth-order valence-corrected chi connectivity index (χ4v) is 3.72. The summed E-state index contributed by atoms with van der Waals surface area (Å²) in [4.78, 5) is 11.3. The third-order valence-electron chi connectivity index (χ3n) is 4.40. The molecule has 4 aromatic rings. The first-order chi connectivity index (χ1) is 12.2. The minimum atomic E-state index is 0.633. The van der Waals surface area contributed by atoms with E-state index >= 15 is 0 Å². The Hall–Kier alpha value is -2.91. The van der Waals surface area contributed by atoms with Gasteiger partial charge >= 0.3 is 0 Å². The largest absolute Gasteiger partial charge is 0.360 e. The molecule has 1 aromatic carbocycles. The zero-order valence-electron chi connectivity index (χ0n) is 14.1. The Morgan fingerprint density at radius 3 is 2.92 bits per heavy atom. The highest BCUT2D eigenvalue weighted by molar-refractivity contribution is 7.09. The molecule has 0 spiro atoms. The zero-order chi connectivity index (χ0) is 17.4. The number of hydrogen-bond donors (Lipinski definition) is 0. The lowest BCUT2D eigenvalue weighted by molar-refractivity contribution is 0.846. The molecular formula is C19H17N5S. The van der Waals surface area contributed by atoms with Crippen molar-refractivity contribution in [1.29, 1.82) is 5.26 Å². The van der Waals surface area contributed by atoms with Gasteiger partial charge in [-0.15, -0.1) is 11.3 Å². The SMILES string of the molecule is Cc1cc(N(C)CCc2nccs2)n2c(nc3ccccc32)c1C#N. The van der Waals surface area contributed by atoms with E-state index in [2.05, 4.69) is 33.5 Å². The molecule has 0 amide bonds. The third-order valence-corrected chi connectivity index (χ3v) is 5.24. The molecule has 0 saturated heterocycles. The number of hydrogen-bond acceptors (Lipinski definition) is 5. The smallest absolute Gasteiger partial charge is 0.157 e. The summed E-state index contributed by atoms with van der Waals surface area (Å²) < 4.78 is 2.09. The molecule has 0 atom stereocenters. The second kappa shape index (κ2) is 6.19. The normalized spacial score (nSPS) is 11.1. The molecule has 25 heavy (non-hydrogen) atoms. The Balaban J connectivity index is 1.86. The van der Waals surface area contributed by atoms with Crippen LogP contribution in [0.1, 0.15) is 16.1 Å². The number of pyridine rings is 1.